The molecule has 8 heteroatoms. The van der Waals surface area contributed by atoms with Gasteiger partial charge in [-0.3, -0.25) is 4.79 Å². The summed E-state index contributed by atoms with van der Waals surface area (Å²) in [5, 5.41) is 2.14. The molecule has 0 fully saturated rings. The second-order valence-corrected chi connectivity index (χ2v) is 6.18. The number of nitrogens with one attached hydrogen (secondary N) is 1. The van der Waals surface area contributed by atoms with E-state index in [4.69, 9.17) is 0 Å². The van der Waals surface area contributed by atoms with Crippen LogP contribution >= 0.6 is 15.9 Å². The van der Waals surface area contributed by atoms with E-state index in [2.05, 4.69) is 21.2 Å². The van der Waals surface area contributed by atoms with Gasteiger partial charge in [0.1, 0.15) is 5.56 Å². The smallest absolute Gasteiger partial charge is 0.257 e. The van der Waals surface area contributed by atoms with Crippen molar-refractivity contribution in [3.63, 3.8) is 0 Å². The number of carbonyl (C=O) groups excluding carboxylic acids is 1. The predicted molar refractivity (Wildman–Crippen MR) is 70.7 cm³/mol. The summed E-state index contributed by atoms with van der Waals surface area (Å²) >= 11 is 3.25. The molecule has 0 aliphatic heterocycles. The molecule has 2 nitrogen and oxygen atoms in total. The van der Waals surface area contributed by atoms with Crippen LogP contribution in [0.5, 0.6) is 0 Å². The Morgan fingerprint density at radius 2 is 1.43 bits per heavy atom. The highest BCUT2D eigenvalue weighted by Crippen LogP contribution is 2.23. The van der Waals surface area contributed by atoms with Crippen molar-refractivity contribution in [1.29, 1.82) is 0 Å². The van der Waals surface area contributed by atoms with Crippen LogP contribution in [0.3, 0.4) is 0 Å². The fourth-order valence-electron chi connectivity index (χ4n) is 1.69. The standard InChI is InChI=1S/C13H13BrF5NO/c1-5(2)3-6(14)4-20-13(21)7-8(15)10(17)12(19)11(18)9(7)16/h5-6H,3-4H2,1-2H3,(H,20,21). The van der Waals surface area contributed by atoms with Gasteiger partial charge in [-0.15, -0.1) is 0 Å². The van der Waals surface area contributed by atoms with E-state index in [-0.39, 0.29) is 11.4 Å². The molecule has 0 saturated heterocycles. The van der Waals surface area contributed by atoms with Gasteiger partial charge in [-0.1, -0.05) is 29.8 Å². The third kappa shape index (κ3) is 4.15. The van der Waals surface area contributed by atoms with Crippen LogP contribution < -0.4 is 5.32 Å². The molecule has 1 aromatic rings. The number of hydrogen-bond acceptors (Lipinski definition) is 1. The lowest BCUT2D eigenvalue weighted by Crippen LogP contribution is -2.32. The highest BCUT2D eigenvalue weighted by Gasteiger charge is 2.29. The molecule has 0 aliphatic carbocycles. The topological polar surface area (TPSA) is 29.1 Å². The van der Waals surface area contributed by atoms with E-state index >= 15 is 0 Å². The Hall–Kier alpha value is -1.18. The first-order valence-electron chi connectivity index (χ1n) is 6.10. The van der Waals surface area contributed by atoms with Crippen LogP contribution in [0.4, 0.5) is 22.0 Å². The van der Waals surface area contributed by atoms with E-state index in [0.717, 1.165) is 0 Å². The Labute approximate surface area is 126 Å². The van der Waals surface area contributed by atoms with Crippen molar-refractivity contribution in [2.24, 2.45) is 5.92 Å². The van der Waals surface area contributed by atoms with Gasteiger partial charge in [-0.2, -0.15) is 0 Å². The molecule has 0 aliphatic rings. The van der Waals surface area contributed by atoms with E-state index < -0.39 is 40.6 Å². The summed E-state index contributed by atoms with van der Waals surface area (Å²) < 4.78 is 65.6. The second kappa shape index (κ2) is 7.20. The molecular formula is C13H13BrF5NO. The normalized spacial score (nSPS) is 12.6. The molecule has 0 radical (unpaired) electrons. The van der Waals surface area contributed by atoms with Gasteiger partial charge in [-0.25, -0.2) is 22.0 Å². The fraction of sp³-hybridized carbons (Fsp3) is 0.462. The summed E-state index contributed by atoms with van der Waals surface area (Å²) in [5.74, 6) is -11.9. The van der Waals surface area contributed by atoms with Crippen molar-refractivity contribution in [1.82, 2.24) is 5.32 Å². The number of rotatable bonds is 5. The SMILES string of the molecule is CC(C)CC(Br)CNC(=O)c1c(F)c(F)c(F)c(F)c1F. The molecular weight excluding hydrogens is 361 g/mol. The van der Waals surface area contributed by atoms with Crippen molar-refractivity contribution >= 4 is 21.8 Å². The van der Waals surface area contributed by atoms with Crippen LogP contribution in [0.2, 0.25) is 0 Å². The summed E-state index contributed by atoms with van der Waals surface area (Å²) in [5.41, 5.74) is -1.48. The van der Waals surface area contributed by atoms with E-state index in [1.165, 1.54) is 0 Å². The highest BCUT2D eigenvalue weighted by molar-refractivity contribution is 9.09. The molecule has 1 rings (SSSR count). The lowest BCUT2D eigenvalue weighted by Gasteiger charge is -2.14. The van der Waals surface area contributed by atoms with Gasteiger partial charge in [0.05, 0.1) is 0 Å². The fourth-order valence-corrected chi connectivity index (χ4v) is 2.60. The molecule has 21 heavy (non-hydrogen) atoms. The monoisotopic (exact) mass is 373 g/mol. The van der Waals surface area contributed by atoms with Crippen molar-refractivity contribution in [2.45, 2.75) is 25.1 Å². The van der Waals surface area contributed by atoms with Crippen LogP contribution in [0, 0.1) is 35.0 Å². The molecule has 0 aromatic heterocycles. The maximum atomic E-state index is 13.4. The molecule has 1 aromatic carbocycles. The zero-order chi connectivity index (χ0) is 16.3. The summed E-state index contributed by atoms with van der Waals surface area (Å²) in [7, 11) is 0. The average Bonchev–Trinajstić information content (AvgIpc) is 2.40. The van der Waals surface area contributed by atoms with E-state index in [1.807, 2.05) is 13.8 Å². The molecule has 0 bridgehead atoms. The Kier molecular flexibility index (Phi) is 6.12. The first kappa shape index (κ1) is 17.9. The average molecular weight is 374 g/mol. The van der Waals surface area contributed by atoms with Gasteiger partial charge in [-0.05, 0) is 12.3 Å². The minimum absolute atomic E-state index is 0.00346. The van der Waals surface area contributed by atoms with Crippen molar-refractivity contribution in [3.05, 3.63) is 34.6 Å². The third-order valence-corrected chi connectivity index (χ3v) is 3.35. The molecule has 1 N–H and O–H groups in total. The van der Waals surface area contributed by atoms with Crippen LogP contribution in [0.25, 0.3) is 0 Å². The van der Waals surface area contributed by atoms with Gasteiger partial charge in [0.2, 0.25) is 5.82 Å². The number of amides is 1. The Bertz CT molecular complexity index is 521. The minimum Gasteiger partial charge on any atom is -0.351 e. The first-order chi connectivity index (χ1) is 9.66. The van der Waals surface area contributed by atoms with Gasteiger partial charge in [0.15, 0.2) is 23.3 Å². The minimum atomic E-state index is -2.29. The molecule has 1 amide bonds. The predicted octanol–water partition coefficient (Wildman–Crippen LogP) is 3.92. The Balaban J connectivity index is 2.94. The molecule has 0 saturated carbocycles. The van der Waals surface area contributed by atoms with Gasteiger partial charge in [0.25, 0.3) is 5.91 Å². The summed E-state index contributed by atoms with van der Waals surface area (Å²) in [4.78, 5) is 11.4. The second-order valence-electron chi connectivity index (χ2n) is 4.88. The number of hydrogen-bond donors (Lipinski definition) is 1. The van der Waals surface area contributed by atoms with Crippen molar-refractivity contribution in [3.8, 4) is 0 Å². The Morgan fingerprint density at radius 1 is 1.00 bits per heavy atom. The van der Waals surface area contributed by atoms with E-state index in [1.54, 1.807) is 0 Å². The number of benzene rings is 1. The highest BCUT2D eigenvalue weighted by atomic mass is 79.9. The quantitative estimate of drug-likeness (QED) is 0.360. The van der Waals surface area contributed by atoms with Crippen molar-refractivity contribution < 1.29 is 26.7 Å². The zero-order valence-corrected chi connectivity index (χ0v) is 12.8. The Morgan fingerprint density at radius 3 is 1.86 bits per heavy atom. The molecule has 1 unspecified atom stereocenters. The maximum Gasteiger partial charge on any atom is 0.257 e. The summed E-state index contributed by atoms with van der Waals surface area (Å²) in [6, 6.07) is 0. The van der Waals surface area contributed by atoms with Crippen LogP contribution in [-0.2, 0) is 0 Å². The lowest BCUT2D eigenvalue weighted by atomic mass is 10.1. The maximum absolute atomic E-state index is 13.4. The molecule has 0 heterocycles. The zero-order valence-electron chi connectivity index (χ0n) is 11.2. The lowest BCUT2D eigenvalue weighted by molar-refractivity contribution is 0.0941. The number of carbonyl (C=O) groups is 1. The van der Waals surface area contributed by atoms with E-state index in [9.17, 15) is 26.7 Å². The number of alkyl halides is 1. The van der Waals surface area contributed by atoms with E-state index in [0.29, 0.717) is 12.3 Å². The van der Waals surface area contributed by atoms with Crippen molar-refractivity contribution in [2.75, 3.05) is 6.54 Å². The van der Waals surface area contributed by atoms with Crippen LogP contribution in [-0.4, -0.2) is 17.3 Å². The van der Waals surface area contributed by atoms with Gasteiger partial charge < -0.3 is 5.32 Å². The molecule has 0 spiro atoms. The van der Waals surface area contributed by atoms with Crippen LogP contribution in [0.1, 0.15) is 30.6 Å². The van der Waals surface area contributed by atoms with Gasteiger partial charge >= 0.3 is 0 Å². The van der Waals surface area contributed by atoms with Crippen LogP contribution in [0.15, 0.2) is 0 Å². The number of halogens is 6. The first-order valence-corrected chi connectivity index (χ1v) is 7.02. The third-order valence-electron chi connectivity index (χ3n) is 2.65. The summed E-state index contributed by atoms with van der Waals surface area (Å²) in [6.07, 6.45) is 0.664. The largest absolute Gasteiger partial charge is 0.351 e. The molecule has 1 atom stereocenters. The molecule has 118 valence electrons. The summed E-state index contributed by atoms with van der Waals surface area (Å²) in [6.45, 7) is 3.86. The van der Waals surface area contributed by atoms with Gasteiger partial charge in [0, 0.05) is 11.4 Å².